The van der Waals surface area contributed by atoms with E-state index in [0.717, 1.165) is 15.4 Å². The topological polar surface area (TPSA) is 96.0 Å². The molecule has 2 amide bonds. The maximum Gasteiger partial charge on any atom is 0.264 e. The van der Waals surface area contributed by atoms with Gasteiger partial charge < -0.3 is 15.0 Å². The highest BCUT2D eigenvalue weighted by atomic mass is 35.5. The molecule has 39 heavy (non-hydrogen) atoms. The van der Waals surface area contributed by atoms with Crippen LogP contribution in [0.2, 0.25) is 10.0 Å². The van der Waals surface area contributed by atoms with E-state index >= 15 is 0 Å². The Morgan fingerprint density at radius 3 is 2.10 bits per heavy atom. The average molecular weight is 593 g/mol. The third kappa shape index (κ3) is 7.65. The zero-order valence-electron chi connectivity index (χ0n) is 22.1. The average Bonchev–Trinajstić information content (AvgIpc) is 2.89. The van der Waals surface area contributed by atoms with Crippen LogP contribution in [0.3, 0.4) is 0 Å². The number of nitrogens with zero attached hydrogens (tertiary/aromatic N) is 2. The molecule has 0 saturated heterocycles. The van der Waals surface area contributed by atoms with Gasteiger partial charge in [-0.3, -0.25) is 13.9 Å². The van der Waals surface area contributed by atoms with E-state index in [1.165, 1.54) is 35.2 Å². The monoisotopic (exact) mass is 591 g/mol. The summed E-state index contributed by atoms with van der Waals surface area (Å²) in [6.45, 7) is 5.07. The summed E-state index contributed by atoms with van der Waals surface area (Å²) in [5.74, 6) is -0.309. The predicted octanol–water partition coefficient (Wildman–Crippen LogP) is 5.06. The van der Waals surface area contributed by atoms with E-state index in [2.05, 4.69) is 5.32 Å². The lowest BCUT2D eigenvalue weighted by Gasteiger charge is -2.32. The molecule has 0 bridgehead atoms. The molecule has 0 aliphatic heterocycles. The largest absolute Gasteiger partial charge is 0.497 e. The van der Waals surface area contributed by atoms with Crippen LogP contribution in [0, 0.1) is 6.92 Å². The molecule has 0 aliphatic rings. The fraction of sp³-hybridized carbons (Fsp3) is 0.286. The summed E-state index contributed by atoms with van der Waals surface area (Å²) >= 11 is 12.4. The van der Waals surface area contributed by atoms with E-state index in [0.29, 0.717) is 12.3 Å². The van der Waals surface area contributed by atoms with Crippen LogP contribution in [0.1, 0.15) is 25.0 Å². The number of rotatable bonds is 11. The van der Waals surface area contributed by atoms with E-state index in [1.807, 2.05) is 6.92 Å². The minimum Gasteiger partial charge on any atom is -0.497 e. The first-order valence-corrected chi connectivity index (χ1v) is 14.4. The number of nitrogens with one attached hydrogen (secondary N) is 1. The first-order valence-electron chi connectivity index (χ1n) is 12.2. The van der Waals surface area contributed by atoms with Crippen LogP contribution in [-0.4, -0.2) is 51.4 Å². The lowest BCUT2D eigenvalue weighted by Crippen LogP contribution is -2.51. The molecule has 3 aromatic carbocycles. The Morgan fingerprint density at radius 2 is 1.56 bits per heavy atom. The third-order valence-electron chi connectivity index (χ3n) is 6.05. The Labute approximate surface area is 239 Å². The molecule has 1 N–H and O–H groups in total. The molecule has 0 unspecified atom stereocenters. The molecule has 3 rings (SSSR count). The molecule has 0 spiro atoms. The van der Waals surface area contributed by atoms with Crippen molar-refractivity contribution in [3.8, 4) is 5.75 Å². The van der Waals surface area contributed by atoms with Crippen molar-refractivity contribution in [2.45, 2.75) is 38.3 Å². The smallest absolute Gasteiger partial charge is 0.264 e. The molecule has 0 fully saturated rings. The van der Waals surface area contributed by atoms with Gasteiger partial charge in [0.2, 0.25) is 11.8 Å². The highest BCUT2D eigenvalue weighted by Gasteiger charge is 2.32. The number of hydrogen-bond acceptors (Lipinski definition) is 5. The quantitative estimate of drug-likeness (QED) is 0.336. The Hall–Kier alpha value is -3.27. The maximum absolute atomic E-state index is 13.9. The van der Waals surface area contributed by atoms with Gasteiger partial charge in [0.25, 0.3) is 10.0 Å². The molecule has 0 saturated carbocycles. The van der Waals surface area contributed by atoms with Gasteiger partial charge in [0.05, 0.1) is 17.7 Å². The molecule has 8 nitrogen and oxygen atoms in total. The van der Waals surface area contributed by atoms with Gasteiger partial charge >= 0.3 is 0 Å². The van der Waals surface area contributed by atoms with Crippen LogP contribution >= 0.6 is 23.2 Å². The molecule has 0 radical (unpaired) electrons. The minimum absolute atomic E-state index is 0.00419. The third-order valence-corrected chi connectivity index (χ3v) is 8.28. The van der Waals surface area contributed by atoms with Crippen LogP contribution in [-0.2, 0) is 26.2 Å². The number of benzene rings is 3. The van der Waals surface area contributed by atoms with Crippen molar-refractivity contribution in [2.75, 3.05) is 24.5 Å². The second-order valence-electron chi connectivity index (χ2n) is 8.89. The maximum atomic E-state index is 13.9. The van der Waals surface area contributed by atoms with Crippen molar-refractivity contribution in [2.24, 2.45) is 0 Å². The van der Waals surface area contributed by atoms with Crippen molar-refractivity contribution in [1.29, 1.82) is 0 Å². The van der Waals surface area contributed by atoms with Crippen molar-refractivity contribution in [3.05, 3.63) is 87.9 Å². The number of methoxy groups -OCH3 is 1. The number of ether oxygens (including phenoxy) is 1. The number of likely N-dealkylation sites (N-methyl/N-ethyl adjacent to an activating group) is 1. The molecule has 11 heteroatoms. The summed E-state index contributed by atoms with van der Waals surface area (Å²) in [5, 5.41) is 3.14. The van der Waals surface area contributed by atoms with E-state index in [9.17, 15) is 18.0 Å². The predicted molar refractivity (Wildman–Crippen MR) is 154 cm³/mol. The first-order chi connectivity index (χ1) is 18.5. The highest BCUT2D eigenvalue weighted by molar-refractivity contribution is 7.92. The number of halogens is 2. The van der Waals surface area contributed by atoms with Crippen LogP contribution < -0.4 is 14.4 Å². The van der Waals surface area contributed by atoms with Crippen LogP contribution in [0.4, 0.5) is 5.69 Å². The van der Waals surface area contributed by atoms with Gasteiger partial charge in [0, 0.05) is 23.1 Å². The number of carbonyl (C=O) groups is 2. The molecule has 1 atom stereocenters. The highest BCUT2D eigenvalue weighted by Crippen LogP contribution is 2.30. The van der Waals surface area contributed by atoms with Crippen molar-refractivity contribution in [1.82, 2.24) is 10.2 Å². The van der Waals surface area contributed by atoms with Gasteiger partial charge in [-0.05, 0) is 68.8 Å². The van der Waals surface area contributed by atoms with Gasteiger partial charge in [-0.25, -0.2) is 8.42 Å². The van der Waals surface area contributed by atoms with Crippen LogP contribution in [0.5, 0.6) is 5.75 Å². The number of hydrogen-bond donors (Lipinski definition) is 1. The van der Waals surface area contributed by atoms with Gasteiger partial charge in [-0.2, -0.15) is 0 Å². The normalized spacial score (nSPS) is 11.9. The fourth-order valence-electron chi connectivity index (χ4n) is 3.88. The zero-order valence-corrected chi connectivity index (χ0v) is 24.5. The molecular weight excluding hydrogens is 561 g/mol. The van der Waals surface area contributed by atoms with Gasteiger partial charge in [-0.15, -0.1) is 0 Å². The molecule has 3 aromatic rings. The fourth-order valence-corrected chi connectivity index (χ4v) is 5.79. The molecular formula is C28H31Cl2N3O5S. The van der Waals surface area contributed by atoms with Gasteiger partial charge in [-0.1, -0.05) is 53.0 Å². The Bertz CT molecular complexity index is 1390. The van der Waals surface area contributed by atoms with E-state index in [-0.39, 0.29) is 33.1 Å². The molecule has 0 aromatic heterocycles. The lowest BCUT2D eigenvalue weighted by atomic mass is 10.1. The summed E-state index contributed by atoms with van der Waals surface area (Å²) in [6.07, 6.45) is 0. The summed E-state index contributed by atoms with van der Waals surface area (Å²) in [5.41, 5.74) is 1.74. The number of carbonyl (C=O) groups excluding carboxylic acids is 2. The van der Waals surface area contributed by atoms with Crippen molar-refractivity contribution >= 4 is 50.7 Å². The number of sulfonamides is 1. The van der Waals surface area contributed by atoms with Crippen LogP contribution in [0.15, 0.2) is 71.6 Å². The van der Waals surface area contributed by atoms with Crippen molar-refractivity contribution in [3.63, 3.8) is 0 Å². The molecule has 208 valence electrons. The lowest BCUT2D eigenvalue weighted by molar-refractivity contribution is -0.139. The Balaban J connectivity index is 2.05. The summed E-state index contributed by atoms with van der Waals surface area (Å²) in [7, 11) is -2.67. The molecule has 0 heterocycles. The number of anilines is 1. The Kier molecular flexibility index (Phi) is 10.2. The number of amides is 2. The van der Waals surface area contributed by atoms with Crippen molar-refractivity contribution < 1.29 is 22.7 Å². The van der Waals surface area contributed by atoms with E-state index in [1.54, 1.807) is 57.4 Å². The zero-order chi connectivity index (χ0) is 28.7. The minimum atomic E-state index is -4.22. The first kappa shape index (κ1) is 30.3. The van der Waals surface area contributed by atoms with E-state index in [4.69, 9.17) is 27.9 Å². The SMILES string of the molecule is CCNC(=O)[C@@H](C)N(Cc1ccc(OC)cc1)C(=O)CN(c1cc(Cl)cc(Cl)c1)S(=O)(=O)c1ccc(C)cc1. The standard InChI is InChI=1S/C28H31Cl2N3O5S/c1-5-31-28(35)20(3)32(17-21-8-10-25(38-4)11-9-21)27(34)18-33(24-15-22(29)14-23(30)16-24)39(36,37)26-12-6-19(2)7-13-26/h6-16,20H,5,17-18H2,1-4H3,(H,31,35)/t20-/m1/s1. The second-order valence-corrected chi connectivity index (χ2v) is 11.6. The van der Waals surface area contributed by atoms with Gasteiger partial charge in [0.1, 0.15) is 18.3 Å². The molecule has 0 aliphatic carbocycles. The summed E-state index contributed by atoms with van der Waals surface area (Å²) < 4.78 is 33.8. The van der Waals surface area contributed by atoms with Gasteiger partial charge in [0.15, 0.2) is 0 Å². The van der Waals surface area contributed by atoms with E-state index < -0.39 is 28.5 Å². The second kappa shape index (κ2) is 13.2. The summed E-state index contributed by atoms with van der Waals surface area (Å²) in [4.78, 5) is 28.0. The summed E-state index contributed by atoms with van der Waals surface area (Å²) in [6, 6.07) is 16.8. The Morgan fingerprint density at radius 1 is 0.974 bits per heavy atom. The number of aryl methyl sites for hydroxylation is 1. The van der Waals surface area contributed by atoms with Crippen LogP contribution in [0.25, 0.3) is 0 Å².